The van der Waals surface area contributed by atoms with Gasteiger partial charge in [-0.1, -0.05) is 0 Å². The monoisotopic (exact) mass is 162 g/mol. The molecule has 0 atom stereocenters. The summed E-state index contributed by atoms with van der Waals surface area (Å²) in [7, 11) is 0. The molecule has 0 saturated carbocycles. The van der Waals surface area contributed by atoms with Crippen molar-refractivity contribution in [3.63, 3.8) is 0 Å². The highest BCUT2D eigenvalue weighted by Gasteiger charge is 2.05. The van der Waals surface area contributed by atoms with Gasteiger partial charge in [0, 0.05) is 18.6 Å². The number of hydrogen-bond donors (Lipinski definition) is 1. The topological polar surface area (TPSA) is 54.6 Å². The number of fused-ring (bicyclic) bond motifs is 1. The van der Waals surface area contributed by atoms with E-state index in [1.165, 1.54) is 12.3 Å². The van der Waals surface area contributed by atoms with Crippen molar-refractivity contribution in [1.82, 2.24) is 9.38 Å². The number of aromatic carboxylic acids is 1. The summed E-state index contributed by atoms with van der Waals surface area (Å²) in [6.07, 6.45) is 4.92. The maximum absolute atomic E-state index is 10.5. The lowest BCUT2D eigenvalue weighted by Gasteiger charge is -1.87. The summed E-state index contributed by atoms with van der Waals surface area (Å²) in [4.78, 5) is 14.5. The standard InChI is InChI=1S/C8H6N2O2/c11-8(12)6-4-7-9-2-1-3-10(7)5-6/h1-5H,(H,11,12). The molecule has 0 aromatic carbocycles. The Hall–Kier alpha value is -1.84. The molecule has 12 heavy (non-hydrogen) atoms. The van der Waals surface area contributed by atoms with Crippen molar-refractivity contribution in [2.75, 3.05) is 0 Å². The van der Waals surface area contributed by atoms with Gasteiger partial charge < -0.3 is 9.51 Å². The molecule has 1 N–H and O–H groups in total. The molecule has 4 nitrogen and oxygen atoms in total. The van der Waals surface area contributed by atoms with Gasteiger partial charge in [0.15, 0.2) is 0 Å². The third-order valence-electron chi connectivity index (χ3n) is 1.61. The normalized spacial score (nSPS) is 10.3. The van der Waals surface area contributed by atoms with Crippen LogP contribution in [0.5, 0.6) is 0 Å². The first-order valence-electron chi connectivity index (χ1n) is 3.43. The number of nitrogens with zero attached hydrogens (tertiary/aromatic N) is 2. The summed E-state index contributed by atoms with van der Waals surface area (Å²) in [5, 5.41) is 8.64. The second-order valence-electron chi connectivity index (χ2n) is 2.42. The fourth-order valence-electron chi connectivity index (χ4n) is 1.06. The van der Waals surface area contributed by atoms with E-state index in [-0.39, 0.29) is 5.56 Å². The number of aromatic nitrogens is 2. The first-order chi connectivity index (χ1) is 5.77. The minimum absolute atomic E-state index is 0.258. The molecule has 2 aromatic heterocycles. The van der Waals surface area contributed by atoms with Crippen molar-refractivity contribution in [3.05, 3.63) is 36.3 Å². The van der Waals surface area contributed by atoms with Crippen molar-refractivity contribution in [2.45, 2.75) is 0 Å². The molecule has 0 aliphatic heterocycles. The number of carboxylic acids is 1. The van der Waals surface area contributed by atoms with E-state index < -0.39 is 5.97 Å². The van der Waals surface area contributed by atoms with E-state index in [0.717, 1.165) is 0 Å². The molecule has 60 valence electrons. The van der Waals surface area contributed by atoms with Crippen molar-refractivity contribution < 1.29 is 9.90 Å². The number of hydrogen-bond acceptors (Lipinski definition) is 2. The van der Waals surface area contributed by atoms with Gasteiger partial charge in [-0.05, 0) is 12.1 Å². The van der Waals surface area contributed by atoms with Crippen LogP contribution in [0.25, 0.3) is 5.65 Å². The Morgan fingerprint density at radius 2 is 2.42 bits per heavy atom. The molecule has 2 aromatic rings. The van der Waals surface area contributed by atoms with Crippen LogP contribution in [0.1, 0.15) is 10.4 Å². The Balaban J connectivity index is 2.70. The van der Waals surface area contributed by atoms with Crippen LogP contribution < -0.4 is 0 Å². The summed E-state index contributed by atoms with van der Waals surface area (Å²) >= 11 is 0. The van der Waals surface area contributed by atoms with Gasteiger partial charge in [-0.25, -0.2) is 9.78 Å². The van der Waals surface area contributed by atoms with Gasteiger partial charge in [0.2, 0.25) is 0 Å². The highest BCUT2D eigenvalue weighted by Crippen LogP contribution is 2.06. The summed E-state index contributed by atoms with van der Waals surface area (Å²) in [6, 6.07) is 3.28. The van der Waals surface area contributed by atoms with Crippen LogP contribution in [-0.2, 0) is 0 Å². The predicted octanol–water partition coefficient (Wildman–Crippen LogP) is 1.03. The van der Waals surface area contributed by atoms with Crippen LogP contribution in [0, 0.1) is 0 Å². The Bertz CT molecular complexity index is 400. The Morgan fingerprint density at radius 3 is 3.08 bits per heavy atom. The van der Waals surface area contributed by atoms with Gasteiger partial charge in [0.05, 0.1) is 5.56 Å². The summed E-state index contributed by atoms with van der Waals surface area (Å²) in [5.74, 6) is -0.930. The van der Waals surface area contributed by atoms with E-state index in [1.807, 2.05) is 0 Å². The highest BCUT2D eigenvalue weighted by molar-refractivity contribution is 5.89. The number of carbonyl (C=O) groups is 1. The predicted molar refractivity (Wildman–Crippen MR) is 42.2 cm³/mol. The van der Waals surface area contributed by atoms with E-state index in [0.29, 0.717) is 5.65 Å². The quantitative estimate of drug-likeness (QED) is 0.681. The lowest BCUT2D eigenvalue weighted by atomic mass is 10.3. The largest absolute Gasteiger partial charge is 0.478 e. The molecule has 0 amide bonds. The van der Waals surface area contributed by atoms with Crippen molar-refractivity contribution in [1.29, 1.82) is 0 Å². The van der Waals surface area contributed by atoms with E-state index in [4.69, 9.17) is 5.11 Å². The zero-order valence-corrected chi connectivity index (χ0v) is 6.14. The van der Waals surface area contributed by atoms with Gasteiger partial charge >= 0.3 is 5.97 Å². The third-order valence-corrected chi connectivity index (χ3v) is 1.61. The molecule has 0 spiro atoms. The minimum atomic E-state index is -0.930. The second-order valence-corrected chi connectivity index (χ2v) is 2.42. The average Bonchev–Trinajstić information content (AvgIpc) is 2.46. The van der Waals surface area contributed by atoms with Crippen LogP contribution in [-0.4, -0.2) is 20.5 Å². The van der Waals surface area contributed by atoms with Crippen LogP contribution in [0.2, 0.25) is 0 Å². The Labute approximate surface area is 68.1 Å². The van der Waals surface area contributed by atoms with Crippen LogP contribution >= 0.6 is 0 Å². The van der Waals surface area contributed by atoms with Gasteiger partial charge in [-0.2, -0.15) is 0 Å². The van der Waals surface area contributed by atoms with Crippen molar-refractivity contribution in [3.8, 4) is 0 Å². The molecule has 4 heteroatoms. The van der Waals surface area contributed by atoms with Gasteiger partial charge in [-0.15, -0.1) is 0 Å². The summed E-state index contributed by atoms with van der Waals surface area (Å²) in [5.41, 5.74) is 0.906. The lowest BCUT2D eigenvalue weighted by molar-refractivity contribution is 0.0697. The molecular weight excluding hydrogens is 156 g/mol. The fraction of sp³-hybridized carbons (Fsp3) is 0. The van der Waals surface area contributed by atoms with E-state index in [1.54, 1.807) is 22.9 Å². The maximum Gasteiger partial charge on any atom is 0.337 e. The van der Waals surface area contributed by atoms with Gasteiger partial charge in [0.25, 0.3) is 0 Å². The van der Waals surface area contributed by atoms with Crippen LogP contribution in [0.15, 0.2) is 30.7 Å². The van der Waals surface area contributed by atoms with Crippen molar-refractivity contribution >= 4 is 11.6 Å². The molecular formula is C8H6N2O2. The van der Waals surface area contributed by atoms with Gasteiger partial charge in [0.1, 0.15) is 5.65 Å². The van der Waals surface area contributed by atoms with Gasteiger partial charge in [-0.3, -0.25) is 0 Å². The van der Waals surface area contributed by atoms with Crippen LogP contribution in [0.3, 0.4) is 0 Å². The minimum Gasteiger partial charge on any atom is -0.478 e. The fourth-order valence-corrected chi connectivity index (χ4v) is 1.06. The number of carboxylic acid groups (broad SMARTS) is 1. The lowest BCUT2D eigenvalue weighted by Crippen LogP contribution is -1.91. The smallest absolute Gasteiger partial charge is 0.337 e. The molecule has 0 bridgehead atoms. The van der Waals surface area contributed by atoms with Crippen LogP contribution in [0.4, 0.5) is 0 Å². The molecule has 0 unspecified atom stereocenters. The molecule has 0 saturated heterocycles. The average molecular weight is 162 g/mol. The maximum atomic E-state index is 10.5. The zero-order valence-electron chi connectivity index (χ0n) is 6.14. The van der Waals surface area contributed by atoms with E-state index in [9.17, 15) is 4.79 Å². The molecule has 2 rings (SSSR count). The molecule has 0 aliphatic carbocycles. The molecule has 2 heterocycles. The zero-order chi connectivity index (χ0) is 8.55. The van der Waals surface area contributed by atoms with E-state index in [2.05, 4.69) is 4.98 Å². The highest BCUT2D eigenvalue weighted by atomic mass is 16.4. The molecule has 0 aliphatic rings. The summed E-state index contributed by atoms with van der Waals surface area (Å²) in [6.45, 7) is 0. The molecule has 0 fully saturated rings. The third kappa shape index (κ3) is 0.934. The Morgan fingerprint density at radius 1 is 1.58 bits per heavy atom. The second kappa shape index (κ2) is 2.34. The number of rotatable bonds is 1. The Kier molecular flexibility index (Phi) is 1.33. The summed E-state index contributed by atoms with van der Waals surface area (Å²) < 4.78 is 1.67. The first kappa shape index (κ1) is 6.84. The first-order valence-corrected chi connectivity index (χ1v) is 3.43. The van der Waals surface area contributed by atoms with E-state index >= 15 is 0 Å². The molecule has 0 radical (unpaired) electrons. The SMILES string of the molecule is O=C(O)c1cc2ncccn2c1. The van der Waals surface area contributed by atoms with Crippen molar-refractivity contribution in [2.24, 2.45) is 0 Å².